The Balaban J connectivity index is 1.71. The molecule has 208 valence electrons. The van der Waals surface area contributed by atoms with Crippen LogP contribution in [0, 0.1) is 0 Å². The number of carbonyl (C=O) groups is 1. The minimum absolute atomic E-state index is 0.0285. The third kappa shape index (κ3) is 4.96. The molecule has 1 aromatic heterocycles. The fourth-order valence-corrected chi connectivity index (χ4v) is 5.36. The van der Waals surface area contributed by atoms with Crippen LogP contribution in [-0.4, -0.2) is 64.1 Å². The lowest BCUT2D eigenvalue weighted by molar-refractivity contribution is -0.134. The molecule has 0 aliphatic carbocycles. The lowest BCUT2D eigenvalue weighted by atomic mass is 9.97. The van der Waals surface area contributed by atoms with Gasteiger partial charge in [0, 0.05) is 29.2 Å². The maximum absolute atomic E-state index is 13.4. The summed E-state index contributed by atoms with van der Waals surface area (Å²) >= 11 is 6.51. The monoisotopic (exact) mass is 557 g/mol. The molecule has 1 amide bonds. The number of carbonyl (C=O) groups excluding carboxylic acids is 1. The zero-order valence-electron chi connectivity index (χ0n) is 22.3. The Morgan fingerprint density at radius 2 is 2.00 bits per heavy atom. The van der Waals surface area contributed by atoms with Crippen molar-refractivity contribution in [3.05, 3.63) is 64.2 Å². The van der Waals surface area contributed by atoms with Crippen molar-refractivity contribution in [2.75, 3.05) is 27.3 Å². The molecule has 3 aromatic rings. The van der Waals surface area contributed by atoms with Gasteiger partial charge in [0.05, 0.1) is 32.4 Å². The molecular weight excluding hydrogens is 526 g/mol. The number of fused-ring (bicyclic) bond motifs is 3. The quantitative estimate of drug-likeness (QED) is 0.420. The molecule has 5 rings (SSSR count). The van der Waals surface area contributed by atoms with E-state index in [-0.39, 0.29) is 18.9 Å². The molecule has 3 heterocycles. The third-order valence-corrected chi connectivity index (χ3v) is 7.45. The number of methoxy groups -OCH3 is 2. The van der Waals surface area contributed by atoms with Crippen molar-refractivity contribution in [2.24, 2.45) is 5.90 Å². The van der Waals surface area contributed by atoms with Gasteiger partial charge >= 0.3 is 0 Å². The molecule has 1 fully saturated rings. The molecule has 0 bridgehead atoms. The Bertz CT molecular complexity index is 1380. The van der Waals surface area contributed by atoms with E-state index in [1.807, 2.05) is 28.8 Å². The zero-order valence-corrected chi connectivity index (χ0v) is 23.0. The summed E-state index contributed by atoms with van der Waals surface area (Å²) in [6, 6.07) is 11.0. The van der Waals surface area contributed by atoms with Crippen LogP contribution in [0.25, 0.3) is 5.69 Å². The van der Waals surface area contributed by atoms with Crippen molar-refractivity contribution < 1.29 is 28.9 Å². The number of aliphatic hydroxyl groups is 1. The van der Waals surface area contributed by atoms with E-state index >= 15 is 0 Å². The number of aromatic nitrogens is 3. The van der Waals surface area contributed by atoms with Crippen LogP contribution in [0.2, 0.25) is 5.02 Å². The normalized spacial score (nSPS) is 20.8. The highest BCUT2D eigenvalue weighted by molar-refractivity contribution is 6.30. The van der Waals surface area contributed by atoms with E-state index < -0.39 is 23.9 Å². The molecule has 0 radical (unpaired) electrons. The minimum atomic E-state index is -1.02. The van der Waals surface area contributed by atoms with Crippen LogP contribution in [0.3, 0.4) is 0 Å². The molecule has 2 aliphatic heterocycles. The smallest absolute Gasteiger partial charge is 0.225 e. The number of rotatable bonds is 7. The Labute approximate surface area is 231 Å². The van der Waals surface area contributed by atoms with Gasteiger partial charge in [-0.25, -0.2) is 5.90 Å². The second-order valence-corrected chi connectivity index (χ2v) is 10.6. The first-order valence-corrected chi connectivity index (χ1v) is 13.0. The highest BCUT2D eigenvalue weighted by Gasteiger charge is 2.40. The van der Waals surface area contributed by atoms with Crippen molar-refractivity contribution in [1.29, 1.82) is 0 Å². The third-order valence-electron chi connectivity index (χ3n) is 7.21. The lowest BCUT2D eigenvalue weighted by Gasteiger charge is -2.26. The van der Waals surface area contributed by atoms with Crippen molar-refractivity contribution in [2.45, 2.75) is 50.6 Å². The molecule has 0 saturated carbocycles. The highest BCUT2D eigenvalue weighted by atomic mass is 35.5. The number of amides is 1. The summed E-state index contributed by atoms with van der Waals surface area (Å²) in [6.07, 6.45) is -1.58. The number of aliphatic hydroxyl groups excluding tert-OH is 1. The maximum atomic E-state index is 13.4. The van der Waals surface area contributed by atoms with E-state index in [2.05, 4.69) is 10.2 Å². The van der Waals surface area contributed by atoms with Gasteiger partial charge < -0.3 is 24.2 Å². The molecule has 39 heavy (non-hydrogen) atoms. The highest BCUT2D eigenvalue weighted by Crippen LogP contribution is 2.47. The number of hydrogen-bond donors (Lipinski definition) is 2. The topological polar surface area (TPSA) is 134 Å². The van der Waals surface area contributed by atoms with E-state index in [9.17, 15) is 9.90 Å². The van der Waals surface area contributed by atoms with Crippen molar-refractivity contribution in [3.63, 3.8) is 0 Å². The standard InChI is InChI=1S/C27H32ClN5O6/c1-27(2,39-29)26-31-30-25-21(13-22(35)32-11-10-16(34)14-32)38-23(17-6-5-7-20(36-3)24(17)37-4)18-12-15(28)8-9-19(18)33(25)26/h5-9,12,16,21,23,34H,10-11,13-14,29H2,1-4H3. The van der Waals surface area contributed by atoms with E-state index in [1.165, 1.54) is 0 Å². The van der Waals surface area contributed by atoms with Gasteiger partial charge in [0.1, 0.15) is 17.8 Å². The number of hydrogen-bond acceptors (Lipinski definition) is 9. The van der Waals surface area contributed by atoms with E-state index in [4.69, 9.17) is 36.5 Å². The first-order chi connectivity index (χ1) is 18.7. The summed E-state index contributed by atoms with van der Waals surface area (Å²) in [7, 11) is 3.12. The van der Waals surface area contributed by atoms with Gasteiger partial charge in [0.2, 0.25) is 5.91 Å². The molecule has 11 nitrogen and oxygen atoms in total. The van der Waals surface area contributed by atoms with Gasteiger partial charge in [0.25, 0.3) is 0 Å². The van der Waals surface area contributed by atoms with Gasteiger partial charge in [-0.05, 0) is 44.5 Å². The number of para-hydroxylation sites is 1. The first kappa shape index (κ1) is 27.4. The number of halogens is 1. The van der Waals surface area contributed by atoms with E-state index in [0.717, 1.165) is 0 Å². The van der Waals surface area contributed by atoms with Crippen molar-refractivity contribution in [1.82, 2.24) is 19.7 Å². The van der Waals surface area contributed by atoms with Crippen LogP contribution in [0.4, 0.5) is 0 Å². The second kappa shape index (κ2) is 10.7. The number of benzene rings is 2. The second-order valence-electron chi connectivity index (χ2n) is 10.1. The molecule has 0 spiro atoms. The van der Waals surface area contributed by atoms with Crippen LogP contribution < -0.4 is 15.4 Å². The fraction of sp³-hybridized carbons (Fsp3) is 0.444. The van der Waals surface area contributed by atoms with Gasteiger partial charge in [-0.1, -0.05) is 23.7 Å². The summed E-state index contributed by atoms with van der Waals surface area (Å²) in [5, 5.41) is 19.4. The van der Waals surface area contributed by atoms with Crippen LogP contribution in [-0.2, 0) is 20.0 Å². The van der Waals surface area contributed by atoms with Gasteiger partial charge in [-0.15, -0.1) is 10.2 Å². The Kier molecular flexibility index (Phi) is 7.53. The predicted octanol–water partition coefficient (Wildman–Crippen LogP) is 3.21. The van der Waals surface area contributed by atoms with Crippen molar-refractivity contribution >= 4 is 17.5 Å². The Morgan fingerprint density at radius 1 is 1.21 bits per heavy atom. The average molecular weight is 558 g/mol. The number of nitrogens with zero attached hydrogens (tertiary/aromatic N) is 4. The van der Waals surface area contributed by atoms with E-state index in [1.54, 1.807) is 45.1 Å². The maximum Gasteiger partial charge on any atom is 0.225 e. The largest absolute Gasteiger partial charge is 0.493 e. The predicted molar refractivity (Wildman–Crippen MR) is 142 cm³/mol. The minimum Gasteiger partial charge on any atom is -0.493 e. The van der Waals surface area contributed by atoms with Gasteiger partial charge in [-0.2, -0.15) is 0 Å². The zero-order chi connectivity index (χ0) is 27.9. The van der Waals surface area contributed by atoms with Crippen molar-refractivity contribution in [3.8, 4) is 17.2 Å². The van der Waals surface area contributed by atoms with Crippen LogP contribution in [0.1, 0.15) is 61.7 Å². The number of ether oxygens (including phenoxy) is 3. The fourth-order valence-electron chi connectivity index (χ4n) is 5.18. The molecular formula is C27H32ClN5O6. The number of likely N-dealkylation sites (tertiary alicyclic amines) is 1. The van der Waals surface area contributed by atoms with E-state index in [0.29, 0.717) is 58.0 Å². The Morgan fingerprint density at radius 3 is 2.67 bits per heavy atom. The molecule has 3 atom stereocenters. The SMILES string of the molecule is COc1cccc(C2OC(CC(=O)N3CCC(O)C3)c3nnc(C(C)(C)ON)n3-c3ccc(Cl)cc32)c1OC. The van der Waals surface area contributed by atoms with Gasteiger partial charge in [-0.3, -0.25) is 14.2 Å². The van der Waals surface area contributed by atoms with Gasteiger partial charge in [0.15, 0.2) is 23.1 Å². The Hall–Kier alpha value is -3.22. The molecule has 1 saturated heterocycles. The summed E-state index contributed by atoms with van der Waals surface area (Å²) in [5.74, 6) is 7.37. The van der Waals surface area contributed by atoms with Crippen LogP contribution in [0.5, 0.6) is 11.5 Å². The molecule has 3 N–H and O–H groups in total. The first-order valence-electron chi connectivity index (χ1n) is 12.6. The average Bonchev–Trinajstić information content (AvgIpc) is 3.55. The lowest BCUT2D eigenvalue weighted by Crippen LogP contribution is -2.32. The summed E-state index contributed by atoms with van der Waals surface area (Å²) in [5.41, 5.74) is 1.06. The summed E-state index contributed by atoms with van der Waals surface area (Å²) in [6.45, 7) is 4.31. The number of β-amino-alcohol motifs (C(OH)–C–C–N with tert-alkyl or cyclic N) is 1. The number of nitrogens with two attached hydrogens (primary N) is 1. The molecule has 3 unspecified atom stereocenters. The van der Waals surface area contributed by atoms with Crippen LogP contribution >= 0.6 is 11.6 Å². The molecule has 12 heteroatoms. The summed E-state index contributed by atoms with van der Waals surface area (Å²) in [4.78, 5) is 20.3. The van der Waals surface area contributed by atoms with Crippen LogP contribution in [0.15, 0.2) is 36.4 Å². The summed E-state index contributed by atoms with van der Waals surface area (Å²) < 4.78 is 19.9. The molecule has 2 aliphatic rings. The molecule has 2 aromatic carbocycles.